The molecule has 0 N–H and O–H groups in total. The van der Waals surface area contributed by atoms with Gasteiger partial charge in [-0.15, -0.1) is 0 Å². The number of rotatable bonds is 12. The van der Waals surface area contributed by atoms with Crippen molar-refractivity contribution in [2.45, 2.75) is 73.1 Å². The molecular weight excluding hydrogens is 482 g/mol. The standard InChI is InChI=1S/C34H41N3O2/c1-7-8-9-10-11-12-19-39-27-15-18-30(31(22-27)38-6)34-36-32(28-16-13-23(2)20-25(28)4)35-33(37-34)29-17-14-24(3)21-26(29)5/h13-18,20-22H,7-12,19H2,1-6H3. The van der Waals surface area contributed by atoms with E-state index >= 15 is 0 Å². The van der Waals surface area contributed by atoms with Crippen LogP contribution < -0.4 is 9.47 Å². The molecule has 0 aliphatic heterocycles. The Morgan fingerprint density at radius 3 is 1.64 bits per heavy atom. The topological polar surface area (TPSA) is 57.1 Å². The molecule has 0 saturated heterocycles. The lowest BCUT2D eigenvalue weighted by Crippen LogP contribution is -2.03. The second-order valence-electron chi connectivity index (χ2n) is 10.4. The van der Waals surface area contributed by atoms with E-state index in [0.717, 1.165) is 40.0 Å². The zero-order valence-electron chi connectivity index (χ0n) is 24.3. The lowest BCUT2D eigenvalue weighted by molar-refractivity contribution is 0.302. The minimum absolute atomic E-state index is 0.578. The Morgan fingerprint density at radius 1 is 0.590 bits per heavy atom. The van der Waals surface area contributed by atoms with Crippen LogP contribution in [0.2, 0.25) is 0 Å². The van der Waals surface area contributed by atoms with Crippen LogP contribution in [0.3, 0.4) is 0 Å². The fourth-order valence-electron chi connectivity index (χ4n) is 4.88. The quantitative estimate of drug-likeness (QED) is 0.174. The molecule has 5 heteroatoms. The minimum Gasteiger partial charge on any atom is -0.496 e. The van der Waals surface area contributed by atoms with Crippen molar-refractivity contribution in [3.63, 3.8) is 0 Å². The van der Waals surface area contributed by atoms with Gasteiger partial charge in [0.2, 0.25) is 0 Å². The van der Waals surface area contributed by atoms with E-state index in [-0.39, 0.29) is 0 Å². The maximum absolute atomic E-state index is 6.05. The Labute approximate surface area is 233 Å². The van der Waals surface area contributed by atoms with Gasteiger partial charge in [-0.2, -0.15) is 0 Å². The first-order valence-electron chi connectivity index (χ1n) is 14.1. The highest BCUT2D eigenvalue weighted by Crippen LogP contribution is 2.34. The van der Waals surface area contributed by atoms with Gasteiger partial charge >= 0.3 is 0 Å². The number of aryl methyl sites for hydroxylation is 4. The van der Waals surface area contributed by atoms with E-state index in [1.54, 1.807) is 7.11 Å². The molecule has 1 heterocycles. The molecule has 3 aromatic carbocycles. The monoisotopic (exact) mass is 523 g/mol. The number of unbranched alkanes of at least 4 members (excludes halogenated alkanes) is 5. The molecule has 0 bridgehead atoms. The molecule has 0 aliphatic carbocycles. The summed E-state index contributed by atoms with van der Waals surface area (Å²) in [4.78, 5) is 14.8. The number of aromatic nitrogens is 3. The average Bonchev–Trinajstić information content (AvgIpc) is 2.92. The molecule has 39 heavy (non-hydrogen) atoms. The molecule has 0 atom stereocenters. The summed E-state index contributed by atoms with van der Waals surface area (Å²) in [6.45, 7) is 11.3. The number of hydrogen-bond donors (Lipinski definition) is 0. The van der Waals surface area contributed by atoms with Crippen molar-refractivity contribution in [2.24, 2.45) is 0 Å². The predicted octanol–water partition coefficient (Wildman–Crippen LogP) is 8.85. The molecule has 5 nitrogen and oxygen atoms in total. The third kappa shape index (κ3) is 7.23. The first-order chi connectivity index (χ1) is 18.9. The predicted molar refractivity (Wildman–Crippen MR) is 161 cm³/mol. The van der Waals surface area contributed by atoms with Gasteiger partial charge in [-0.25, -0.2) is 15.0 Å². The maximum atomic E-state index is 6.05. The SMILES string of the molecule is CCCCCCCCOc1ccc(-c2nc(-c3ccc(C)cc3C)nc(-c3ccc(C)cc3C)n2)c(OC)c1. The van der Waals surface area contributed by atoms with E-state index in [2.05, 4.69) is 71.0 Å². The second-order valence-corrected chi connectivity index (χ2v) is 10.4. The van der Waals surface area contributed by atoms with Crippen LogP contribution in [0.1, 0.15) is 67.7 Å². The number of methoxy groups -OCH3 is 1. The molecule has 4 aromatic rings. The van der Waals surface area contributed by atoms with Gasteiger partial charge in [-0.05, 0) is 57.4 Å². The van der Waals surface area contributed by atoms with Gasteiger partial charge in [0.1, 0.15) is 11.5 Å². The van der Waals surface area contributed by atoms with Crippen LogP contribution in [0, 0.1) is 27.7 Å². The summed E-state index contributed by atoms with van der Waals surface area (Å²) in [5, 5.41) is 0. The van der Waals surface area contributed by atoms with Crippen LogP contribution in [-0.4, -0.2) is 28.7 Å². The highest BCUT2D eigenvalue weighted by atomic mass is 16.5. The van der Waals surface area contributed by atoms with E-state index < -0.39 is 0 Å². The fourth-order valence-corrected chi connectivity index (χ4v) is 4.88. The molecule has 4 rings (SSSR count). The van der Waals surface area contributed by atoms with E-state index in [1.807, 2.05) is 18.2 Å². The van der Waals surface area contributed by atoms with Crippen molar-refractivity contribution in [1.82, 2.24) is 15.0 Å². The summed E-state index contributed by atoms with van der Waals surface area (Å²) in [6.07, 6.45) is 7.40. The molecule has 204 valence electrons. The first-order valence-corrected chi connectivity index (χ1v) is 14.1. The lowest BCUT2D eigenvalue weighted by Gasteiger charge is -2.14. The van der Waals surface area contributed by atoms with Gasteiger partial charge in [-0.3, -0.25) is 0 Å². The van der Waals surface area contributed by atoms with Crippen LogP contribution >= 0.6 is 0 Å². The van der Waals surface area contributed by atoms with E-state index in [4.69, 9.17) is 24.4 Å². The first kappa shape index (κ1) is 28.3. The highest BCUT2D eigenvalue weighted by Gasteiger charge is 2.18. The van der Waals surface area contributed by atoms with Gasteiger partial charge < -0.3 is 9.47 Å². The molecule has 0 fully saturated rings. The molecule has 1 aromatic heterocycles. The third-order valence-electron chi connectivity index (χ3n) is 7.06. The summed E-state index contributed by atoms with van der Waals surface area (Å²) < 4.78 is 11.9. The van der Waals surface area contributed by atoms with Crippen molar-refractivity contribution in [2.75, 3.05) is 13.7 Å². The number of ether oxygens (including phenoxy) is 2. The summed E-state index contributed by atoms with van der Waals surface area (Å²) in [5.74, 6) is 3.35. The molecule has 0 saturated carbocycles. The smallest absolute Gasteiger partial charge is 0.167 e. The Balaban J connectivity index is 1.69. The maximum Gasteiger partial charge on any atom is 0.167 e. The van der Waals surface area contributed by atoms with Crippen LogP contribution in [-0.2, 0) is 0 Å². The summed E-state index contributed by atoms with van der Waals surface area (Å²) in [6, 6.07) is 18.6. The van der Waals surface area contributed by atoms with Crippen LogP contribution in [0.4, 0.5) is 0 Å². The van der Waals surface area contributed by atoms with E-state index in [9.17, 15) is 0 Å². The van der Waals surface area contributed by atoms with Gasteiger partial charge in [0, 0.05) is 17.2 Å². The zero-order valence-corrected chi connectivity index (χ0v) is 24.3. The molecule has 0 unspecified atom stereocenters. The van der Waals surface area contributed by atoms with Crippen molar-refractivity contribution in [3.05, 3.63) is 76.9 Å². The minimum atomic E-state index is 0.578. The van der Waals surface area contributed by atoms with Crippen LogP contribution in [0.5, 0.6) is 11.5 Å². The number of nitrogens with zero attached hydrogens (tertiary/aromatic N) is 3. The number of hydrogen-bond acceptors (Lipinski definition) is 5. The highest BCUT2D eigenvalue weighted by molar-refractivity contribution is 5.72. The van der Waals surface area contributed by atoms with E-state index in [0.29, 0.717) is 29.8 Å². The summed E-state index contributed by atoms with van der Waals surface area (Å²) in [5.41, 5.74) is 7.47. The van der Waals surface area contributed by atoms with Gasteiger partial charge in [-0.1, -0.05) is 86.6 Å². The normalized spacial score (nSPS) is 11.0. The Kier molecular flexibility index (Phi) is 9.69. The fraction of sp³-hybridized carbons (Fsp3) is 0.382. The van der Waals surface area contributed by atoms with Crippen molar-refractivity contribution >= 4 is 0 Å². The average molecular weight is 524 g/mol. The molecular formula is C34H41N3O2. The second kappa shape index (κ2) is 13.4. The van der Waals surface area contributed by atoms with E-state index in [1.165, 1.54) is 43.2 Å². The Bertz CT molecular complexity index is 1340. The lowest BCUT2D eigenvalue weighted by atomic mass is 10.0. The van der Waals surface area contributed by atoms with Crippen LogP contribution in [0.15, 0.2) is 54.6 Å². The Morgan fingerprint density at radius 2 is 1.10 bits per heavy atom. The van der Waals surface area contributed by atoms with Crippen molar-refractivity contribution < 1.29 is 9.47 Å². The summed E-state index contributed by atoms with van der Waals surface area (Å²) in [7, 11) is 1.67. The van der Waals surface area contributed by atoms with Crippen molar-refractivity contribution in [1.29, 1.82) is 0 Å². The molecule has 0 spiro atoms. The third-order valence-corrected chi connectivity index (χ3v) is 7.06. The van der Waals surface area contributed by atoms with Gasteiger partial charge in [0.05, 0.1) is 19.3 Å². The number of benzene rings is 3. The molecule has 0 amide bonds. The Hall–Kier alpha value is -3.73. The molecule has 0 radical (unpaired) electrons. The van der Waals surface area contributed by atoms with Crippen molar-refractivity contribution in [3.8, 4) is 45.7 Å². The summed E-state index contributed by atoms with van der Waals surface area (Å²) >= 11 is 0. The van der Waals surface area contributed by atoms with Gasteiger partial charge in [0.15, 0.2) is 17.5 Å². The van der Waals surface area contributed by atoms with Crippen LogP contribution in [0.25, 0.3) is 34.2 Å². The largest absolute Gasteiger partial charge is 0.496 e. The zero-order chi connectivity index (χ0) is 27.8. The van der Waals surface area contributed by atoms with Gasteiger partial charge in [0.25, 0.3) is 0 Å². The molecule has 0 aliphatic rings.